The summed E-state index contributed by atoms with van der Waals surface area (Å²) in [6.07, 6.45) is 5.77. The Labute approximate surface area is 144 Å². The van der Waals surface area contributed by atoms with E-state index in [0.717, 1.165) is 25.7 Å². The van der Waals surface area contributed by atoms with E-state index in [1.165, 1.54) is 0 Å². The summed E-state index contributed by atoms with van der Waals surface area (Å²) in [7, 11) is 0. The summed E-state index contributed by atoms with van der Waals surface area (Å²) in [5, 5.41) is 22.5. The normalized spacial score (nSPS) is 52.2. The first kappa shape index (κ1) is 16.6. The molecule has 1 aliphatic heterocycles. The highest BCUT2D eigenvalue weighted by Gasteiger charge is 2.78. The number of aliphatic hydroxyl groups excluding tert-OH is 2. The van der Waals surface area contributed by atoms with Crippen LogP contribution in [0.1, 0.15) is 52.4 Å². The number of hydrogen-bond donors (Lipinski definition) is 2. The van der Waals surface area contributed by atoms with Crippen molar-refractivity contribution in [3.63, 3.8) is 0 Å². The van der Waals surface area contributed by atoms with E-state index in [1.807, 2.05) is 6.08 Å². The maximum Gasteiger partial charge on any atom is 0.315 e. The number of carbonyl (C=O) groups excluding carboxylic acids is 1. The quantitative estimate of drug-likeness (QED) is 0.602. The topological polar surface area (TPSA) is 66.8 Å². The lowest BCUT2D eigenvalue weighted by Gasteiger charge is -2.55. The summed E-state index contributed by atoms with van der Waals surface area (Å²) in [6, 6.07) is 0. The number of cyclic esters (lactones) is 1. The highest BCUT2D eigenvalue weighted by atomic mass is 16.5. The molecule has 4 rings (SSSR count). The van der Waals surface area contributed by atoms with Crippen LogP contribution in [0.2, 0.25) is 0 Å². The molecule has 3 unspecified atom stereocenters. The summed E-state index contributed by atoms with van der Waals surface area (Å²) >= 11 is 0. The molecular formula is C20H30O4. The first-order valence-corrected chi connectivity index (χ1v) is 9.44. The minimum absolute atomic E-state index is 0.0207. The number of aliphatic hydroxyl groups is 2. The molecule has 2 bridgehead atoms. The van der Waals surface area contributed by atoms with E-state index in [0.29, 0.717) is 19.4 Å². The zero-order valence-corrected chi connectivity index (χ0v) is 14.8. The van der Waals surface area contributed by atoms with Crippen LogP contribution in [0.5, 0.6) is 0 Å². The third-order valence-electron chi connectivity index (χ3n) is 7.88. The number of esters is 1. The molecule has 24 heavy (non-hydrogen) atoms. The summed E-state index contributed by atoms with van der Waals surface area (Å²) in [4.78, 5) is 12.9. The Hall–Kier alpha value is -0.870. The molecule has 1 heterocycles. The number of hydrogen-bond acceptors (Lipinski definition) is 4. The Morgan fingerprint density at radius 2 is 2.04 bits per heavy atom. The van der Waals surface area contributed by atoms with Crippen molar-refractivity contribution in [2.75, 3.05) is 6.61 Å². The van der Waals surface area contributed by atoms with E-state index in [9.17, 15) is 15.0 Å². The van der Waals surface area contributed by atoms with Crippen molar-refractivity contribution >= 4 is 5.97 Å². The van der Waals surface area contributed by atoms with E-state index < -0.39 is 17.6 Å². The Balaban J connectivity index is 1.87. The molecule has 0 aromatic rings. The molecule has 7 atom stereocenters. The van der Waals surface area contributed by atoms with Gasteiger partial charge >= 0.3 is 5.97 Å². The van der Waals surface area contributed by atoms with Gasteiger partial charge < -0.3 is 14.9 Å². The molecule has 0 amide bonds. The van der Waals surface area contributed by atoms with Gasteiger partial charge in [-0.3, -0.25) is 4.79 Å². The molecule has 4 nitrogen and oxygen atoms in total. The molecule has 0 radical (unpaired) electrons. The predicted molar refractivity (Wildman–Crippen MR) is 90.0 cm³/mol. The second-order valence-electron chi connectivity index (χ2n) is 9.49. The van der Waals surface area contributed by atoms with Crippen LogP contribution in [0.25, 0.3) is 0 Å². The van der Waals surface area contributed by atoms with Crippen LogP contribution in [0.3, 0.4) is 0 Å². The number of rotatable bonds is 2. The molecule has 4 heteroatoms. The summed E-state index contributed by atoms with van der Waals surface area (Å²) in [5.74, 6) is -0.225. The zero-order valence-electron chi connectivity index (χ0n) is 14.8. The maximum atomic E-state index is 12.9. The van der Waals surface area contributed by atoms with Crippen LogP contribution in [-0.2, 0) is 9.53 Å². The van der Waals surface area contributed by atoms with Crippen LogP contribution in [0.15, 0.2) is 12.7 Å². The first-order chi connectivity index (χ1) is 11.3. The van der Waals surface area contributed by atoms with Crippen molar-refractivity contribution in [2.45, 2.75) is 64.6 Å². The molecule has 3 aliphatic carbocycles. The van der Waals surface area contributed by atoms with Crippen LogP contribution in [0.4, 0.5) is 0 Å². The predicted octanol–water partition coefficient (Wildman–Crippen LogP) is 2.68. The van der Waals surface area contributed by atoms with Crippen LogP contribution in [-0.4, -0.2) is 35.0 Å². The van der Waals surface area contributed by atoms with E-state index in [1.54, 1.807) is 0 Å². The second kappa shape index (κ2) is 5.07. The number of ether oxygens (including phenoxy) is 1. The SMILES string of the molecule is C=CC[C@@H]1C[C@@H](O)[C@@H]2C3(C1)C(=O)OCC21CCCC(C)(C)[C@H]1C3O. The fourth-order valence-corrected chi connectivity index (χ4v) is 7.39. The van der Waals surface area contributed by atoms with Crippen LogP contribution in [0, 0.1) is 34.0 Å². The van der Waals surface area contributed by atoms with Crippen molar-refractivity contribution in [3.8, 4) is 0 Å². The van der Waals surface area contributed by atoms with Crippen LogP contribution < -0.4 is 0 Å². The van der Waals surface area contributed by atoms with Gasteiger partial charge in [0.05, 0.1) is 18.8 Å². The van der Waals surface area contributed by atoms with E-state index in [2.05, 4.69) is 20.4 Å². The largest absolute Gasteiger partial charge is 0.465 e. The highest BCUT2D eigenvalue weighted by molar-refractivity contribution is 5.81. The van der Waals surface area contributed by atoms with Gasteiger partial charge in [0.1, 0.15) is 5.41 Å². The van der Waals surface area contributed by atoms with Crippen molar-refractivity contribution < 1.29 is 19.7 Å². The second-order valence-corrected chi connectivity index (χ2v) is 9.49. The van der Waals surface area contributed by atoms with Gasteiger partial charge in [0.15, 0.2) is 0 Å². The highest BCUT2D eigenvalue weighted by Crippen LogP contribution is 2.73. The summed E-state index contributed by atoms with van der Waals surface area (Å²) < 4.78 is 5.69. The molecular weight excluding hydrogens is 304 g/mol. The third-order valence-corrected chi connectivity index (χ3v) is 7.88. The lowest BCUT2D eigenvalue weighted by Crippen LogP contribution is -2.60. The summed E-state index contributed by atoms with van der Waals surface area (Å²) in [6.45, 7) is 8.61. The lowest BCUT2D eigenvalue weighted by atomic mass is 9.51. The molecule has 2 N–H and O–H groups in total. The Bertz CT molecular complexity index is 570. The minimum Gasteiger partial charge on any atom is -0.465 e. The fourth-order valence-electron chi connectivity index (χ4n) is 7.39. The smallest absolute Gasteiger partial charge is 0.315 e. The van der Waals surface area contributed by atoms with Gasteiger partial charge in [-0.25, -0.2) is 0 Å². The number of allylic oxidation sites excluding steroid dienone is 1. The zero-order chi connectivity index (χ0) is 17.3. The first-order valence-electron chi connectivity index (χ1n) is 9.44. The van der Waals surface area contributed by atoms with Crippen LogP contribution >= 0.6 is 0 Å². The average Bonchev–Trinajstić information content (AvgIpc) is 2.68. The van der Waals surface area contributed by atoms with Crippen molar-refractivity contribution in [3.05, 3.63) is 12.7 Å². The third kappa shape index (κ3) is 1.79. The van der Waals surface area contributed by atoms with Gasteiger partial charge in [0, 0.05) is 17.3 Å². The molecule has 4 aliphatic rings. The Morgan fingerprint density at radius 1 is 1.29 bits per heavy atom. The van der Waals surface area contributed by atoms with Gasteiger partial charge in [-0.2, -0.15) is 0 Å². The molecule has 1 spiro atoms. The average molecular weight is 334 g/mol. The molecule has 3 saturated carbocycles. The van der Waals surface area contributed by atoms with Crippen molar-refractivity contribution in [2.24, 2.45) is 34.0 Å². The van der Waals surface area contributed by atoms with Gasteiger partial charge in [-0.1, -0.05) is 26.3 Å². The van der Waals surface area contributed by atoms with Crippen molar-refractivity contribution in [1.82, 2.24) is 0 Å². The standard InChI is InChI=1S/C20H30O4/c1-4-6-12-9-13(21)14-19-8-5-7-18(2,3)15(19)16(22)20(14,10-12)17(23)24-11-19/h4,12-16,21-22H,1,5-11H2,2-3H3/t12-,13-,14+,15-,16?,19?,20?/m1/s1. The molecule has 134 valence electrons. The molecule has 0 aromatic heterocycles. The lowest BCUT2D eigenvalue weighted by molar-refractivity contribution is -0.206. The summed E-state index contributed by atoms with van der Waals surface area (Å²) in [5.41, 5.74) is -1.22. The minimum atomic E-state index is -0.921. The van der Waals surface area contributed by atoms with E-state index in [-0.39, 0.29) is 34.6 Å². The number of carbonyl (C=O) groups is 1. The van der Waals surface area contributed by atoms with Gasteiger partial charge in [0.25, 0.3) is 0 Å². The fraction of sp³-hybridized carbons (Fsp3) is 0.850. The monoisotopic (exact) mass is 334 g/mol. The van der Waals surface area contributed by atoms with Crippen molar-refractivity contribution in [1.29, 1.82) is 0 Å². The van der Waals surface area contributed by atoms with Gasteiger partial charge in [-0.15, -0.1) is 6.58 Å². The van der Waals surface area contributed by atoms with Gasteiger partial charge in [0.2, 0.25) is 0 Å². The Kier molecular flexibility index (Phi) is 3.51. The van der Waals surface area contributed by atoms with E-state index >= 15 is 0 Å². The maximum absolute atomic E-state index is 12.9. The van der Waals surface area contributed by atoms with Gasteiger partial charge in [-0.05, 0) is 43.4 Å². The van der Waals surface area contributed by atoms with E-state index in [4.69, 9.17) is 4.74 Å². The molecule has 4 fully saturated rings. The Morgan fingerprint density at radius 3 is 2.75 bits per heavy atom. The molecule has 0 aromatic carbocycles. The molecule has 1 saturated heterocycles.